The number of ether oxygens (including phenoxy) is 1. The van der Waals surface area contributed by atoms with Crippen LogP contribution < -0.4 is 0 Å². The van der Waals surface area contributed by atoms with Crippen LogP contribution in [0.4, 0.5) is 5.69 Å². The van der Waals surface area contributed by atoms with E-state index in [1.807, 2.05) is 0 Å². The standard InChI is InChI=1S/C12H13NO5/c1-12(11(14)15)10(6-7-18-12)8-2-4-9(5-3-8)13(16)17/h2-5,10H,6-7H2,1H3,(H,14,15)/t10-,12+/m0/s1. The molecule has 96 valence electrons. The molecule has 1 saturated heterocycles. The Morgan fingerprint density at radius 2 is 2.11 bits per heavy atom. The van der Waals surface area contributed by atoms with Gasteiger partial charge in [0.25, 0.3) is 5.69 Å². The van der Waals surface area contributed by atoms with E-state index in [0.717, 1.165) is 5.56 Å². The lowest BCUT2D eigenvalue weighted by atomic mass is 9.83. The van der Waals surface area contributed by atoms with Crippen molar-refractivity contribution in [2.45, 2.75) is 24.9 Å². The van der Waals surface area contributed by atoms with Crippen molar-refractivity contribution < 1.29 is 19.6 Å². The van der Waals surface area contributed by atoms with Crippen molar-refractivity contribution in [2.75, 3.05) is 6.61 Å². The van der Waals surface area contributed by atoms with Gasteiger partial charge in [-0.25, -0.2) is 4.79 Å². The first-order valence-electron chi connectivity index (χ1n) is 5.57. The van der Waals surface area contributed by atoms with Gasteiger partial charge in [0.2, 0.25) is 0 Å². The van der Waals surface area contributed by atoms with E-state index in [1.165, 1.54) is 19.1 Å². The van der Waals surface area contributed by atoms with Gasteiger partial charge in [0.05, 0.1) is 4.92 Å². The molecule has 0 unspecified atom stereocenters. The molecule has 1 N–H and O–H groups in total. The summed E-state index contributed by atoms with van der Waals surface area (Å²) in [6.45, 7) is 1.92. The average molecular weight is 251 g/mol. The summed E-state index contributed by atoms with van der Waals surface area (Å²) >= 11 is 0. The molecule has 0 saturated carbocycles. The molecule has 1 heterocycles. The highest BCUT2D eigenvalue weighted by Gasteiger charge is 2.47. The molecule has 1 fully saturated rings. The van der Waals surface area contributed by atoms with Crippen molar-refractivity contribution in [2.24, 2.45) is 0 Å². The third kappa shape index (κ3) is 1.95. The van der Waals surface area contributed by atoms with Crippen molar-refractivity contribution in [3.63, 3.8) is 0 Å². The van der Waals surface area contributed by atoms with E-state index < -0.39 is 16.5 Å². The maximum atomic E-state index is 11.2. The van der Waals surface area contributed by atoms with Gasteiger partial charge in [0.15, 0.2) is 5.60 Å². The number of non-ortho nitro benzene ring substituents is 1. The molecule has 2 atom stereocenters. The first-order valence-corrected chi connectivity index (χ1v) is 5.57. The van der Waals surface area contributed by atoms with Crippen LogP contribution in [0, 0.1) is 10.1 Å². The van der Waals surface area contributed by atoms with Crippen LogP contribution in [0.5, 0.6) is 0 Å². The number of aliphatic carboxylic acids is 1. The van der Waals surface area contributed by atoms with E-state index in [2.05, 4.69) is 0 Å². The molecule has 0 bridgehead atoms. The normalized spacial score (nSPS) is 27.1. The van der Waals surface area contributed by atoms with E-state index >= 15 is 0 Å². The molecular weight excluding hydrogens is 238 g/mol. The van der Waals surface area contributed by atoms with Crippen LogP contribution in [-0.4, -0.2) is 28.2 Å². The van der Waals surface area contributed by atoms with E-state index in [-0.39, 0.29) is 11.6 Å². The number of hydrogen-bond acceptors (Lipinski definition) is 4. The van der Waals surface area contributed by atoms with Crippen LogP contribution in [0.3, 0.4) is 0 Å². The summed E-state index contributed by atoms with van der Waals surface area (Å²) in [5.74, 6) is -1.29. The molecule has 1 aromatic rings. The lowest BCUT2D eigenvalue weighted by Crippen LogP contribution is -2.39. The zero-order chi connectivity index (χ0) is 13.3. The Hall–Kier alpha value is -1.95. The van der Waals surface area contributed by atoms with Crippen LogP contribution >= 0.6 is 0 Å². The topological polar surface area (TPSA) is 89.7 Å². The van der Waals surface area contributed by atoms with E-state index in [4.69, 9.17) is 4.74 Å². The average Bonchev–Trinajstić information content (AvgIpc) is 2.73. The Labute approximate surface area is 103 Å². The molecule has 0 aromatic heterocycles. The molecular formula is C12H13NO5. The van der Waals surface area contributed by atoms with Crippen molar-refractivity contribution in [1.29, 1.82) is 0 Å². The minimum Gasteiger partial charge on any atom is -0.479 e. The second kappa shape index (κ2) is 4.38. The molecule has 1 aliphatic heterocycles. The summed E-state index contributed by atoms with van der Waals surface area (Å²) in [6, 6.07) is 5.96. The highest BCUT2D eigenvalue weighted by molar-refractivity contribution is 5.79. The van der Waals surface area contributed by atoms with E-state index in [9.17, 15) is 20.0 Å². The maximum Gasteiger partial charge on any atom is 0.336 e. The van der Waals surface area contributed by atoms with Crippen LogP contribution in [0.15, 0.2) is 24.3 Å². The zero-order valence-electron chi connectivity index (χ0n) is 9.83. The lowest BCUT2D eigenvalue weighted by molar-refractivity contribution is -0.384. The van der Waals surface area contributed by atoms with Crippen molar-refractivity contribution >= 4 is 11.7 Å². The molecule has 6 heteroatoms. The smallest absolute Gasteiger partial charge is 0.336 e. The monoisotopic (exact) mass is 251 g/mol. The third-order valence-corrected chi connectivity index (χ3v) is 3.40. The number of rotatable bonds is 3. The van der Waals surface area contributed by atoms with Gasteiger partial charge in [0, 0.05) is 24.7 Å². The second-order valence-corrected chi connectivity index (χ2v) is 4.45. The van der Waals surface area contributed by atoms with Gasteiger partial charge in [-0.05, 0) is 18.9 Å². The number of nitrogens with zero attached hydrogens (tertiary/aromatic N) is 1. The second-order valence-electron chi connectivity index (χ2n) is 4.45. The number of carboxylic acid groups (broad SMARTS) is 1. The number of nitro benzene ring substituents is 1. The Bertz CT molecular complexity index is 484. The predicted octanol–water partition coefficient (Wildman–Crippen LogP) is 1.94. The highest BCUT2D eigenvalue weighted by atomic mass is 16.6. The molecule has 6 nitrogen and oxygen atoms in total. The van der Waals surface area contributed by atoms with Gasteiger partial charge in [-0.1, -0.05) is 12.1 Å². The molecule has 0 radical (unpaired) electrons. The Morgan fingerprint density at radius 3 is 2.61 bits per heavy atom. The molecule has 0 spiro atoms. The van der Waals surface area contributed by atoms with Crippen molar-refractivity contribution in [3.8, 4) is 0 Å². The Kier molecular flexibility index (Phi) is 3.04. The van der Waals surface area contributed by atoms with E-state index in [0.29, 0.717) is 13.0 Å². The number of benzene rings is 1. The number of carboxylic acids is 1. The van der Waals surface area contributed by atoms with Crippen LogP contribution in [-0.2, 0) is 9.53 Å². The molecule has 0 aliphatic carbocycles. The quantitative estimate of drug-likeness (QED) is 0.655. The number of carbonyl (C=O) groups is 1. The minimum atomic E-state index is -1.25. The highest BCUT2D eigenvalue weighted by Crippen LogP contribution is 2.40. The van der Waals surface area contributed by atoms with Gasteiger partial charge in [-0.3, -0.25) is 10.1 Å². The van der Waals surface area contributed by atoms with Crippen LogP contribution in [0.25, 0.3) is 0 Å². The summed E-state index contributed by atoms with van der Waals surface area (Å²) in [4.78, 5) is 21.3. The molecule has 1 aliphatic rings. The number of hydrogen-bond donors (Lipinski definition) is 1. The SMILES string of the molecule is C[C@@]1(C(=O)O)OCC[C@H]1c1ccc([N+](=O)[O-])cc1. The first kappa shape index (κ1) is 12.5. The summed E-state index contributed by atoms with van der Waals surface area (Å²) in [7, 11) is 0. The molecule has 2 rings (SSSR count). The van der Waals surface area contributed by atoms with Gasteiger partial charge in [-0.15, -0.1) is 0 Å². The first-order chi connectivity index (χ1) is 8.45. The summed E-state index contributed by atoms with van der Waals surface area (Å²) < 4.78 is 5.31. The summed E-state index contributed by atoms with van der Waals surface area (Å²) in [5, 5.41) is 19.8. The Morgan fingerprint density at radius 1 is 1.50 bits per heavy atom. The summed E-state index contributed by atoms with van der Waals surface area (Å²) in [6.07, 6.45) is 0.598. The lowest BCUT2D eigenvalue weighted by Gasteiger charge is -2.25. The predicted molar refractivity (Wildman–Crippen MR) is 62.4 cm³/mol. The van der Waals surface area contributed by atoms with E-state index in [1.54, 1.807) is 12.1 Å². The largest absolute Gasteiger partial charge is 0.479 e. The fraction of sp³-hybridized carbons (Fsp3) is 0.417. The third-order valence-electron chi connectivity index (χ3n) is 3.40. The van der Waals surface area contributed by atoms with Gasteiger partial charge in [0.1, 0.15) is 0 Å². The molecule has 18 heavy (non-hydrogen) atoms. The van der Waals surface area contributed by atoms with Crippen molar-refractivity contribution in [1.82, 2.24) is 0 Å². The van der Waals surface area contributed by atoms with Crippen molar-refractivity contribution in [3.05, 3.63) is 39.9 Å². The maximum absolute atomic E-state index is 11.2. The van der Waals surface area contributed by atoms with Gasteiger partial charge >= 0.3 is 5.97 Å². The van der Waals surface area contributed by atoms with Crippen LogP contribution in [0.1, 0.15) is 24.8 Å². The molecule has 0 amide bonds. The fourth-order valence-electron chi connectivity index (χ4n) is 2.29. The fourth-order valence-corrected chi connectivity index (χ4v) is 2.29. The number of nitro groups is 1. The van der Waals surface area contributed by atoms with Crippen LogP contribution in [0.2, 0.25) is 0 Å². The van der Waals surface area contributed by atoms with Gasteiger partial charge in [-0.2, -0.15) is 0 Å². The minimum absolute atomic E-state index is 0.00491. The molecule has 1 aromatic carbocycles. The van der Waals surface area contributed by atoms with Gasteiger partial charge < -0.3 is 9.84 Å². The Balaban J connectivity index is 2.31. The zero-order valence-corrected chi connectivity index (χ0v) is 9.83. The summed E-state index contributed by atoms with van der Waals surface area (Å²) in [5.41, 5.74) is -0.506.